The van der Waals surface area contributed by atoms with Gasteiger partial charge < -0.3 is 15.0 Å². The molecule has 0 unspecified atom stereocenters. The molecule has 0 bridgehead atoms. The normalized spacial score (nSPS) is 16.2. The number of ether oxygens (including phenoxy) is 1. The summed E-state index contributed by atoms with van der Waals surface area (Å²) in [5, 5.41) is 3.81. The molecule has 29 heavy (non-hydrogen) atoms. The number of carbonyl (C=O) groups is 2. The lowest BCUT2D eigenvalue weighted by Gasteiger charge is -2.23. The fourth-order valence-electron chi connectivity index (χ4n) is 3.62. The quantitative estimate of drug-likeness (QED) is 0.656. The number of aromatic nitrogens is 1. The first kappa shape index (κ1) is 19.4. The van der Waals surface area contributed by atoms with Crippen LogP contribution in [0.25, 0.3) is 10.2 Å². The van der Waals surface area contributed by atoms with Crippen LogP contribution in [-0.4, -0.2) is 35.4 Å². The zero-order chi connectivity index (χ0) is 20.2. The van der Waals surface area contributed by atoms with Crippen molar-refractivity contribution in [1.82, 2.24) is 9.88 Å². The Hall–Kier alpha value is -2.93. The second-order valence-electron chi connectivity index (χ2n) is 7.04. The molecule has 4 rings (SSSR count). The molecule has 1 N–H and O–H groups in total. The third-order valence-electron chi connectivity index (χ3n) is 5.11. The number of likely N-dealkylation sites (tertiary alicyclic amines) is 1. The fourth-order valence-corrected chi connectivity index (χ4v) is 4.73. The summed E-state index contributed by atoms with van der Waals surface area (Å²) < 4.78 is 6.25. The standard InChI is InChI=1S/C22H23N3O3S/c1-28-16-10-8-15(9-11-16)23-20(26)12-13-21(27)25-14-4-6-18(25)22-24-17-5-2-3-7-19(17)29-22/h2-3,5,7-11,18H,4,6,12-14H2,1H3,(H,23,26)/t18-/m1/s1. The van der Waals surface area contributed by atoms with E-state index in [1.54, 1.807) is 42.7 Å². The summed E-state index contributed by atoms with van der Waals surface area (Å²) in [6.45, 7) is 0.722. The lowest BCUT2D eigenvalue weighted by Crippen LogP contribution is -2.31. The molecule has 7 heteroatoms. The first-order chi connectivity index (χ1) is 14.1. The summed E-state index contributed by atoms with van der Waals surface area (Å²) in [4.78, 5) is 31.6. The van der Waals surface area contributed by atoms with E-state index in [0.717, 1.165) is 40.4 Å². The molecule has 2 amide bonds. The van der Waals surface area contributed by atoms with E-state index in [1.807, 2.05) is 23.1 Å². The van der Waals surface area contributed by atoms with Crippen LogP contribution in [0.5, 0.6) is 5.75 Å². The number of methoxy groups -OCH3 is 1. The second kappa shape index (κ2) is 8.61. The number of rotatable bonds is 6. The smallest absolute Gasteiger partial charge is 0.224 e. The van der Waals surface area contributed by atoms with Crippen molar-refractivity contribution in [3.63, 3.8) is 0 Å². The summed E-state index contributed by atoms with van der Waals surface area (Å²) in [5.41, 5.74) is 1.67. The van der Waals surface area contributed by atoms with E-state index in [4.69, 9.17) is 9.72 Å². The van der Waals surface area contributed by atoms with Gasteiger partial charge in [0, 0.05) is 25.1 Å². The van der Waals surface area contributed by atoms with E-state index >= 15 is 0 Å². The minimum Gasteiger partial charge on any atom is -0.497 e. The van der Waals surface area contributed by atoms with Gasteiger partial charge in [-0.1, -0.05) is 12.1 Å². The largest absolute Gasteiger partial charge is 0.497 e. The first-order valence-electron chi connectivity index (χ1n) is 9.73. The van der Waals surface area contributed by atoms with Crippen molar-refractivity contribution in [3.05, 3.63) is 53.5 Å². The zero-order valence-electron chi connectivity index (χ0n) is 16.3. The van der Waals surface area contributed by atoms with Crippen molar-refractivity contribution in [2.45, 2.75) is 31.7 Å². The van der Waals surface area contributed by atoms with Gasteiger partial charge in [0.1, 0.15) is 10.8 Å². The monoisotopic (exact) mass is 409 g/mol. The SMILES string of the molecule is COc1ccc(NC(=O)CCC(=O)N2CCC[C@@H]2c2nc3ccccc3s2)cc1. The van der Waals surface area contributed by atoms with Crippen LogP contribution in [0, 0.1) is 0 Å². The van der Waals surface area contributed by atoms with Gasteiger partial charge in [-0.15, -0.1) is 11.3 Å². The maximum atomic E-state index is 12.8. The highest BCUT2D eigenvalue weighted by molar-refractivity contribution is 7.18. The van der Waals surface area contributed by atoms with E-state index in [2.05, 4.69) is 11.4 Å². The number of hydrogen-bond acceptors (Lipinski definition) is 5. The van der Waals surface area contributed by atoms with Gasteiger partial charge in [0.05, 0.1) is 23.4 Å². The minimum absolute atomic E-state index is 0.0108. The maximum absolute atomic E-state index is 12.8. The Bertz CT molecular complexity index is 983. The Morgan fingerprint density at radius 1 is 1.17 bits per heavy atom. The average molecular weight is 410 g/mol. The summed E-state index contributed by atoms with van der Waals surface area (Å²) >= 11 is 1.65. The van der Waals surface area contributed by atoms with Gasteiger partial charge in [0.15, 0.2) is 0 Å². The molecule has 1 saturated heterocycles. The highest BCUT2D eigenvalue weighted by atomic mass is 32.1. The molecule has 1 fully saturated rings. The van der Waals surface area contributed by atoms with Gasteiger partial charge in [-0.3, -0.25) is 9.59 Å². The van der Waals surface area contributed by atoms with Crippen LogP contribution in [0.3, 0.4) is 0 Å². The summed E-state index contributed by atoms with van der Waals surface area (Å²) in [6.07, 6.45) is 2.24. The number of amides is 2. The minimum atomic E-state index is -0.167. The van der Waals surface area contributed by atoms with Gasteiger partial charge in [-0.25, -0.2) is 4.98 Å². The van der Waals surface area contributed by atoms with Crippen LogP contribution in [0.4, 0.5) is 5.69 Å². The Labute approximate surface area is 173 Å². The molecule has 1 aromatic heterocycles. The van der Waals surface area contributed by atoms with Gasteiger partial charge in [-0.05, 0) is 49.2 Å². The molecule has 2 aromatic carbocycles. The van der Waals surface area contributed by atoms with Crippen LogP contribution >= 0.6 is 11.3 Å². The molecule has 0 spiro atoms. The van der Waals surface area contributed by atoms with E-state index in [9.17, 15) is 9.59 Å². The molecule has 0 radical (unpaired) electrons. The van der Waals surface area contributed by atoms with Crippen molar-refractivity contribution < 1.29 is 14.3 Å². The Kier molecular flexibility index (Phi) is 5.76. The number of nitrogens with zero attached hydrogens (tertiary/aromatic N) is 2. The third kappa shape index (κ3) is 4.40. The van der Waals surface area contributed by atoms with E-state index in [1.165, 1.54) is 0 Å². The van der Waals surface area contributed by atoms with Crippen molar-refractivity contribution in [3.8, 4) is 5.75 Å². The van der Waals surface area contributed by atoms with Crippen molar-refractivity contribution in [2.75, 3.05) is 19.0 Å². The van der Waals surface area contributed by atoms with Crippen molar-refractivity contribution in [1.29, 1.82) is 0 Å². The zero-order valence-corrected chi connectivity index (χ0v) is 17.1. The number of hydrogen-bond donors (Lipinski definition) is 1. The average Bonchev–Trinajstić information content (AvgIpc) is 3.39. The van der Waals surface area contributed by atoms with Gasteiger partial charge in [0.2, 0.25) is 11.8 Å². The summed E-state index contributed by atoms with van der Waals surface area (Å²) in [7, 11) is 1.60. The number of thiazole rings is 1. The highest BCUT2D eigenvalue weighted by Gasteiger charge is 2.32. The van der Waals surface area contributed by atoms with Crippen LogP contribution < -0.4 is 10.1 Å². The number of nitrogens with one attached hydrogen (secondary N) is 1. The molecule has 1 aliphatic rings. The molecule has 2 heterocycles. The number of fused-ring (bicyclic) bond motifs is 1. The predicted molar refractivity (Wildman–Crippen MR) is 114 cm³/mol. The Balaban J connectivity index is 1.35. The van der Waals surface area contributed by atoms with Crippen LogP contribution in [-0.2, 0) is 9.59 Å². The van der Waals surface area contributed by atoms with Gasteiger partial charge in [-0.2, -0.15) is 0 Å². The summed E-state index contributed by atoms with van der Waals surface area (Å²) in [5.74, 6) is 0.573. The molecule has 0 aliphatic carbocycles. The topological polar surface area (TPSA) is 71.5 Å². The molecule has 6 nitrogen and oxygen atoms in total. The fraction of sp³-hybridized carbons (Fsp3) is 0.318. The Morgan fingerprint density at radius 2 is 1.97 bits per heavy atom. The Morgan fingerprint density at radius 3 is 2.72 bits per heavy atom. The van der Waals surface area contributed by atoms with Crippen LogP contribution in [0.1, 0.15) is 36.7 Å². The summed E-state index contributed by atoms with van der Waals surface area (Å²) in [6, 6.07) is 15.2. The third-order valence-corrected chi connectivity index (χ3v) is 6.25. The van der Waals surface area contributed by atoms with Crippen molar-refractivity contribution in [2.24, 2.45) is 0 Å². The lowest BCUT2D eigenvalue weighted by atomic mass is 10.2. The molecule has 1 aliphatic heterocycles. The molecule has 150 valence electrons. The van der Waals surface area contributed by atoms with Gasteiger partial charge in [0.25, 0.3) is 0 Å². The second-order valence-corrected chi connectivity index (χ2v) is 8.10. The number of benzene rings is 2. The van der Waals surface area contributed by atoms with Crippen LogP contribution in [0.15, 0.2) is 48.5 Å². The number of carbonyl (C=O) groups excluding carboxylic acids is 2. The van der Waals surface area contributed by atoms with Gasteiger partial charge >= 0.3 is 0 Å². The molecular formula is C22H23N3O3S. The van der Waals surface area contributed by atoms with Crippen LogP contribution in [0.2, 0.25) is 0 Å². The number of anilines is 1. The van der Waals surface area contributed by atoms with E-state index in [-0.39, 0.29) is 30.7 Å². The molecular weight excluding hydrogens is 386 g/mol. The number of para-hydroxylation sites is 1. The predicted octanol–water partition coefficient (Wildman–Crippen LogP) is 4.39. The highest BCUT2D eigenvalue weighted by Crippen LogP contribution is 2.36. The van der Waals surface area contributed by atoms with Crippen molar-refractivity contribution >= 4 is 39.1 Å². The first-order valence-corrected chi connectivity index (χ1v) is 10.5. The molecule has 1 atom stereocenters. The van der Waals surface area contributed by atoms with E-state index in [0.29, 0.717) is 5.69 Å². The lowest BCUT2D eigenvalue weighted by molar-refractivity contribution is -0.133. The maximum Gasteiger partial charge on any atom is 0.224 e. The molecule has 0 saturated carbocycles. The molecule has 3 aromatic rings. The van der Waals surface area contributed by atoms with E-state index < -0.39 is 0 Å².